The van der Waals surface area contributed by atoms with Crippen LogP contribution in [0.5, 0.6) is 11.5 Å². The fourth-order valence-electron chi connectivity index (χ4n) is 4.70. The van der Waals surface area contributed by atoms with Crippen molar-refractivity contribution < 1.29 is 28.9 Å². The molecule has 0 spiro atoms. The maximum atomic E-state index is 12.1. The van der Waals surface area contributed by atoms with Crippen molar-refractivity contribution in [2.75, 3.05) is 0 Å². The number of rotatable bonds is 12. The number of carboxylic acids is 1. The first-order chi connectivity index (χ1) is 19.9. The topological polar surface area (TPSA) is 82.1 Å². The molecule has 0 bridgehead atoms. The van der Waals surface area contributed by atoms with Crippen molar-refractivity contribution in [1.82, 2.24) is 0 Å². The lowest BCUT2D eigenvalue weighted by molar-refractivity contribution is -0.145. The van der Waals surface area contributed by atoms with Crippen molar-refractivity contribution in [3.05, 3.63) is 95.6 Å². The van der Waals surface area contributed by atoms with E-state index < -0.39 is 5.97 Å². The lowest BCUT2D eigenvalue weighted by Gasteiger charge is -2.26. The zero-order chi connectivity index (χ0) is 29.0. The molecule has 2 unspecified atom stereocenters. The Balaban J connectivity index is 0.000000302. The normalized spacial score (nSPS) is 15.4. The molecular formula is C37H50O6. The van der Waals surface area contributed by atoms with E-state index in [1.807, 2.05) is 92.7 Å². The molecule has 0 aliphatic heterocycles. The summed E-state index contributed by atoms with van der Waals surface area (Å²) in [5, 5.41) is 8.78. The Morgan fingerprint density at radius 3 is 1.65 bits per heavy atom. The molecule has 3 aromatic rings. The molecule has 2 aliphatic carbocycles. The molecule has 2 aliphatic rings. The summed E-state index contributed by atoms with van der Waals surface area (Å²) in [5.41, 5.74) is 3.15. The van der Waals surface area contributed by atoms with Crippen LogP contribution < -0.4 is 9.47 Å². The summed E-state index contributed by atoms with van der Waals surface area (Å²) in [7, 11) is 0. The molecule has 234 valence electrons. The molecule has 0 aromatic heterocycles. The highest BCUT2D eigenvalue weighted by Gasteiger charge is 2.21. The summed E-state index contributed by atoms with van der Waals surface area (Å²) in [6.45, 7) is 4.31. The highest BCUT2D eigenvalue weighted by molar-refractivity contribution is 5.70. The van der Waals surface area contributed by atoms with Crippen molar-refractivity contribution in [1.29, 1.82) is 0 Å². The van der Waals surface area contributed by atoms with Crippen molar-refractivity contribution in [3.8, 4) is 11.5 Å². The monoisotopic (exact) mass is 590 g/mol. The van der Waals surface area contributed by atoms with Gasteiger partial charge in [0.15, 0.2) is 0 Å². The van der Waals surface area contributed by atoms with Gasteiger partial charge in [0, 0.05) is 0 Å². The maximum Gasteiger partial charge on any atom is 0.306 e. The Morgan fingerprint density at radius 2 is 1.21 bits per heavy atom. The van der Waals surface area contributed by atoms with E-state index in [0.29, 0.717) is 25.2 Å². The van der Waals surface area contributed by atoms with Crippen molar-refractivity contribution >= 4 is 11.9 Å². The molecule has 0 heterocycles. The van der Waals surface area contributed by atoms with Gasteiger partial charge in [-0.3, -0.25) is 9.59 Å². The van der Waals surface area contributed by atoms with E-state index in [9.17, 15) is 9.59 Å². The van der Waals surface area contributed by atoms with E-state index in [4.69, 9.17) is 19.3 Å². The first-order valence-electron chi connectivity index (χ1n) is 14.8. The highest BCUT2D eigenvalue weighted by Crippen LogP contribution is 2.29. The Kier molecular flexibility index (Phi) is 14.8. The average Bonchev–Trinajstić information content (AvgIpc) is 2.92. The lowest BCUT2D eigenvalue weighted by Crippen LogP contribution is -2.24. The predicted octanol–water partition coefficient (Wildman–Crippen LogP) is 9.32. The second-order valence-electron chi connectivity index (χ2n) is 11.2. The first-order valence-corrected chi connectivity index (χ1v) is 14.8. The second-order valence-corrected chi connectivity index (χ2v) is 11.2. The van der Waals surface area contributed by atoms with Gasteiger partial charge in [0.2, 0.25) is 0 Å². The van der Waals surface area contributed by atoms with Crippen LogP contribution in [-0.2, 0) is 20.9 Å². The van der Waals surface area contributed by atoms with E-state index in [2.05, 4.69) is 0 Å². The number of hydrogen-bond acceptors (Lipinski definition) is 5. The molecule has 6 nitrogen and oxygen atoms in total. The number of carbonyl (C=O) groups excluding carboxylic acids is 1. The van der Waals surface area contributed by atoms with Gasteiger partial charge in [-0.15, -0.1) is 0 Å². The summed E-state index contributed by atoms with van der Waals surface area (Å²) in [6, 6.07) is 25.6. The van der Waals surface area contributed by atoms with Crippen LogP contribution in [-0.4, -0.2) is 29.3 Å². The third-order valence-corrected chi connectivity index (χ3v) is 7.76. The van der Waals surface area contributed by atoms with Gasteiger partial charge in [-0.1, -0.05) is 83.3 Å². The molecule has 3 aromatic carbocycles. The van der Waals surface area contributed by atoms with Crippen LogP contribution in [0.15, 0.2) is 78.9 Å². The van der Waals surface area contributed by atoms with E-state index in [0.717, 1.165) is 53.9 Å². The number of benzene rings is 3. The van der Waals surface area contributed by atoms with Crippen LogP contribution in [0.2, 0.25) is 0 Å². The van der Waals surface area contributed by atoms with Gasteiger partial charge in [-0.05, 0) is 91.3 Å². The third-order valence-electron chi connectivity index (χ3n) is 7.76. The number of aliphatic carboxylic acids is 1. The summed E-state index contributed by atoms with van der Waals surface area (Å²) in [4.78, 5) is 22.7. The van der Waals surface area contributed by atoms with Crippen LogP contribution in [0.3, 0.4) is 0 Å². The summed E-state index contributed by atoms with van der Waals surface area (Å²) in [6.07, 6.45) is 8.33. The molecule has 5 rings (SSSR count). The standard InChI is InChI=1S/C21H24O3.C14H18O3.2CH4/c1-16(13-21(22)23-15-17-7-3-2-4-8-17)18-9-5-12-20(14-18)24-19-10-6-11-19;1-10(8-14(15)16)11-4-2-7-13(9-11)17-12-5-3-6-12;;/h2-5,7-9,12,14,16,19H,6,10-11,13,15H2,1H3;2,4,7,9-10,12H,3,5-6,8H2,1H3,(H,15,16);2*1H4. The molecule has 2 saturated carbocycles. The summed E-state index contributed by atoms with van der Waals surface area (Å²) >= 11 is 0. The number of ether oxygens (including phenoxy) is 3. The number of hydrogen-bond donors (Lipinski definition) is 1. The van der Waals surface area contributed by atoms with Crippen molar-refractivity contribution in [2.45, 2.75) is 111 Å². The zero-order valence-electron chi connectivity index (χ0n) is 24.2. The minimum atomic E-state index is -0.761. The van der Waals surface area contributed by atoms with Gasteiger partial charge in [-0.25, -0.2) is 0 Å². The van der Waals surface area contributed by atoms with Crippen LogP contribution in [0.4, 0.5) is 0 Å². The van der Waals surface area contributed by atoms with Crippen molar-refractivity contribution in [2.24, 2.45) is 0 Å². The number of carboxylic acid groups (broad SMARTS) is 1. The molecule has 0 amide bonds. The van der Waals surface area contributed by atoms with Crippen LogP contribution >= 0.6 is 0 Å². The van der Waals surface area contributed by atoms with E-state index in [1.54, 1.807) is 0 Å². The van der Waals surface area contributed by atoms with Gasteiger partial charge in [0.25, 0.3) is 0 Å². The molecule has 2 fully saturated rings. The first kappa shape index (κ1) is 35.4. The van der Waals surface area contributed by atoms with Gasteiger partial charge in [0.1, 0.15) is 18.1 Å². The van der Waals surface area contributed by atoms with Crippen LogP contribution in [0.25, 0.3) is 0 Å². The Hall–Kier alpha value is -3.80. The zero-order valence-corrected chi connectivity index (χ0v) is 24.2. The predicted molar refractivity (Wildman–Crippen MR) is 173 cm³/mol. The van der Waals surface area contributed by atoms with E-state index >= 15 is 0 Å². The van der Waals surface area contributed by atoms with E-state index in [-0.39, 0.29) is 39.1 Å². The number of esters is 1. The fraction of sp³-hybridized carbons (Fsp3) is 0.459. The Morgan fingerprint density at radius 1 is 0.721 bits per heavy atom. The molecule has 0 saturated heterocycles. The van der Waals surface area contributed by atoms with Crippen LogP contribution in [0, 0.1) is 0 Å². The van der Waals surface area contributed by atoms with Gasteiger partial charge in [-0.2, -0.15) is 0 Å². The fourth-order valence-corrected chi connectivity index (χ4v) is 4.70. The minimum Gasteiger partial charge on any atom is -0.490 e. The van der Waals surface area contributed by atoms with Gasteiger partial charge in [0.05, 0.1) is 25.0 Å². The SMILES string of the molecule is C.C.CC(CC(=O)O)c1cccc(OC2CCC2)c1.CC(CC(=O)OCc1ccccc1)c1cccc(OC2CCC2)c1. The highest BCUT2D eigenvalue weighted by atomic mass is 16.5. The minimum absolute atomic E-state index is 0. The molecule has 43 heavy (non-hydrogen) atoms. The average molecular weight is 591 g/mol. The maximum absolute atomic E-state index is 12.1. The second kappa shape index (κ2) is 18.0. The van der Waals surface area contributed by atoms with Crippen LogP contribution in [0.1, 0.15) is 109 Å². The largest absolute Gasteiger partial charge is 0.490 e. The Bertz CT molecular complexity index is 1250. The molecule has 0 radical (unpaired) electrons. The lowest BCUT2D eigenvalue weighted by atomic mass is 9.95. The molecular weight excluding hydrogens is 540 g/mol. The molecule has 2 atom stereocenters. The third kappa shape index (κ3) is 11.8. The van der Waals surface area contributed by atoms with Gasteiger partial charge >= 0.3 is 11.9 Å². The summed E-state index contributed by atoms with van der Waals surface area (Å²) in [5.74, 6) is 0.973. The van der Waals surface area contributed by atoms with Crippen molar-refractivity contribution in [3.63, 3.8) is 0 Å². The van der Waals surface area contributed by atoms with Gasteiger partial charge < -0.3 is 19.3 Å². The number of carbonyl (C=O) groups is 2. The quantitative estimate of drug-likeness (QED) is 0.212. The smallest absolute Gasteiger partial charge is 0.306 e. The van der Waals surface area contributed by atoms with E-state index in [1.165, 1.54) is 12.8 Å². The summed E-state index contributed by atoms with van der Waals surface area (Å²) < 4.78 is 17.1. The molecule has 1 N–H and O–H groups in total. The Labute approximate surface area is 258 Å². The molecule has 6 heteroatoms.